The van der Waals surface area contributed by atoms with E-state index < -0.39 is 0 Å². The van der Waals surface area contributed by atoms with Gasteiger partial charge >= 0.3 is 41.4 Å². The molecule has 0 radical (unpaired) electrons. The van der Waals surface area contributed by atoms with E-state index in [2.05, 4.69) is 11.3 Å². The molecular formula is C5H7O2+. The van der Waals surface area contributed by atoms with E-state index in [0.717, 1.165) is 0 Å². The zero-order valence-corrected chi connectivity index (χ0v) is 4.23. The topological polar surface area (TPSA) is 29.1 Å². The number of hydrogen-bond donors (Lipinski definition) is 0. The van der Waals surface area contributed by atoms with Crippen LogP contribution in [0.3, 0.4) is 0 Å². The Kier molecular flexibility index (Phi) is 3.11. The maximum atomic E-state index is 9.37. The third-order valence-electron chi connectivity index (χ3n) is 0.580. The van der Waals surface area contributed by atoms with Gasteiger partial charge in [0.15, 0.2) is 0 Å². The molecule has 0 aliphatic rings. The first-order chi connectivity index (χ1) is 3.31. The van der Waals surface area contributed by atoms with Crippen molar-refractivity contribution < 1.29 is 9.39 Å². The molecule has 0 aromatic rings. The van der Waals surface area contributed by atoms with Crippen LogP contribution in [0.4, 0.5) is 0 Å². The second-order valence-electron chi connectivity index (χ2n) is 1.08. The zero-order valence-electron chi connectivity index (χ0n) is 4.23. The summed E-state index contributed by atoms with van der Waals surface area (Å²) in [6.45, 7) is 5.23. The molecule has 0 N–H and O–H groups in total. The van der Waals surface area contributed by atoms with Crippen molar-refractivity contribution in [3.63, 3.8) is 0 Å². The normalized spacial score (nSPS) is 6.86. The molecule has 0 heterocycles. The van der Waals surface area contributed by atoms with E-state index >= 15 is 0 Å². The molecule has 7 heavy (non-hydrogen) atoms. The van der Waals surface area contributed by atoms with Gasteiger partial charge < -0.3 is 0 Å². The number of hydrogen-bond acceptors (Lipinski definition) is 1. The molecule has 2 nitrogen and oxygen atoms in total. The summed E-state index contributed by atoms with van der Waals surface area (Å²) in [6, 6.07) is 0. The average molecular weight is 99.1 g/mol. The minimum atomic E-state index is 0.454. The van der Waals surface area contributed by atoms with Crippen molar-refractivity contribution in [2.75, 3.05) is 0 Å². The summed E-state index contributed by atoms with van der Waals surface area (Å²) in [6.07, 6.45) is 1.93. The van der Waals surface area contributed by atoms with Crippen LogP contribution in [0.15, 0.2) is 12.3 Å². The third-order valence-corrected chi connectivity index (χ3v) is 0.580. The molecule has 38 valence electrons. The van der Waals surface area contributed by atoms with Gasteiger partial charge in [-0.3, -0.25) is 0 Å². The summed E-state index contributed by atoms with van der Waals surface area (Å²) in [4.78, 5) is 0. The first-order valence-electron chi connectivity index (χ1n) is 2.03. The molecule has 0 amide bonds. The van der Waals surface area contributed by atoms with E-state index in [4.69, 9.17) is 0 Å². The van der Waals surface area contributed by atoms with E-state index in [0.29, 0.717) is 12.2 Å². The molecule has 0 aliphatic heterocycles. The van der Waals surface area contributed by atoms with Crippen molar-refractivity contribution >= 4 is 0 Å². The van der Waals surface area contributed by atoms with E-state index in [1.54, 1.807) is 0 Å². The first kappa shape index (κ1) is 6.28. The van der Waals surface area contributed by atoms with Gasteiger partial charge in [0.25, 0.3) is 0 Å². The molecule has 0 unspecified atom stereocenters. The van der Waals surface area contributed by atoms with Crippen LogP contribution in [0.25, 0.3) is 0 Å². The van der Waals surface area contributed by atoms with Crippen molar-refractivity contribution in [3.05, 3.63) is 12.3 Å². The summed E-state index contributed by atoms with van der Waals surface area (Å²) in [5.74, 6) is 0.454. The Bertz CT molecular complexity index is 99.1. The van der Waals surface area contributed by atoms with Gasteiger partial charge in [-0.2, -0.15) is 0 Å². The Morgan fingerprint density at radius 3 is 2.71 bits per heavy atom. The Balaban J connectivity index is 3.23. The van der Waals surface area contributed by atoms with Gasteiger partial charge in [0, 0.05) is 0 Å². The van der Waals surface area contributed by atoms with E-state index in [-0.39, 0.29) is 0 Å². The van der Waals surface area contributed by atoms with Crippen molar-refractivity contribution in [3.8, 4) is 6.33 Å². The Hall–Kier alpha value is -0.720. The van der Waals surface area contributed by atoms with Crippen molar-refractivity contribution in [2.45, 2.75) is 13.3 Å². The standard InChI is InChI=1S/C5H7O2/c1-3-5(2)7-4-6/h2-3H2,1H3/q+1. The predicted molar refractivity (Wildman–Crippen MR) is 25.1 cm³/mol. The molecule has 0 bridgehead atoms. The quantitative estimate of drug-likeness (QED) is 0.378. The van der Waals surface area contributed by atoms with Crippen molar-refractivity contribution in [1.82, 2.24) is 0 Å². The van der Waals surface area contributed by atoms with Crippen LogP contribution in [0.2, 0.25) is 0 Å². The van der Waals surface area contributed by atoms with Gasteiger partial charge in [-0.1, -0.05) is 0 Å². The SMILES string of the molecule is C=C(CC)OC#[O+]. The van der Waals surface area contributed by atoms with Gasteiger partial charge in [-0.15, -0.1) is 0 Å². The fourth-order valence-corrected chi connectivity index (χ4v) is 0.131. The number of allylic oxidation sites excluding steroid dienone is 1. The van der Waals surface area contributed by atoms with Crippen LogP contribution in [-0.4, -0.2) is 0 Å². The van der Waals surface area contributed by atoms with Crippen LogP contribution in [0.5, 0.6) is 0 Å². The molecule has 0 saturated heterocycles. The monoisotopic (exact) mass is 99.0 g/mol. The summed E-state index contributed by atoms with van der Waals surface area (Å²) >= 11 is 0. The van der Waals surface area contributed by atoms with Crippen LogP contribution < -0.4 is 0 Å². The Labute approximate surface area is 42.5 Å². The first-order valence-corrected chi connectivity index (χ1v) is 2.03. The fourth-order valence-electron chi connectivity index (χ4n) is 0.131. The second kappa shape index (κ2) is 3.47. The molecular weight excluding hydrogens is 92.1 g/mol. The average Bonchev–Trinajstić information content (AvgIpc) is 1.68. The second-order valence-corrected chi connectivity index (χ2v) is 1.08. The molecule has 2 heteroatoms. The van der Waals surface area contributed by atoms with Gasteiger partial charge in [-0.25, -0.2) is 0 Å². The number of ether oxygens (including phenoxy) is 1. The summed E-state index contributed by atoms with van der Waals surface area (Å²) < 4.78 is 13.6. The molecule has 0 rings (SSSR count). The minimum absolute atomic E-state index is 0.454. The zero-order chi connectivity index (χ0) is 5.70. The van der Waals surface area contributed by atoms with Crippen LogP contribution >= 0.6 is 0 Å². The predicted octanol–water partition coefficient (Wildman–Crippen LogP) is 1.27. The molecule has 0 atom stereocenters. The molecule has 0 spiro atoms. The van der Waals surface area contributed by atoms with Crippen molar-refractivity contribution in [2.24, 2.45) is 0 Å². The van der Waals surface area contributed by atoms with E-state index in [9.17, 15) is 4.65 Å². The summed E-state index contributed by atoms with van der Waals surface area (Å²) in [7, 11) is 0. The molecule has 0 fully saturated rings. The maximum absolute atomic E-state index is 9.37. The molecule has 0 aromatic heterocycles. The summed E-state index contributed by atoms with van der Waals surface area (Å²) in [5.41, 5.74) is 0. The van der Waals surface area contributed by atoms with Crippen LogP contribution in [0.1, 0.15) is 13.3 Å². The van der Waals surface area contributed by atoms with E-state index in [1.807, 2.05) is 6.92 Å². The molecule has 0 aliphatic carbocycles. The van der Waals surface area contributed by atoms with Gasteiger partial charge in [-0.05, 0) is 0 Å². The summed E-state index contributed by atoms with van der Waals surface area (Å²) in [5, 5.41) is 0. The number of rotatable bonds is 2. The van der Waals surface area contributed by atoms with Crippen molar-refractivity contribution in [1.29, 1.82) is 0 Å². The fraction of sp³-hybridized carbons (Fsp3) is 0.400. The van der Waals surface area contributed by atoms with Gasteiger partial charge in [0.05, 0.1) is 0 Å². The van der Waals surface area contributed by atoms with Crippen LogP contribution in [0, 0.1) is 6.33 Å². The molecule has 0 saturated carbocycles. The third kappa shape index (κ3) is 3.10. The molecule has 0 aromatic carbocycles. The Morgan fingerprint density at radius 2 is 2.57 bits per heavy atom. The Morgan fingerprint density at radius 1 is 2.00 bits per heavy atom. The van der Waals surface area contributed by atoms with Crippen LogP contribution in [-0.2, 0) is 9.39 Å². The van der Waals surface area contributed by atoms with Gasteiger partial charge in [0.1, 0.15) is 0 Å². The van der Waals surface area contributed by atoms with Gasteiger partial charge in [0.2, 0.25) is 0 Å². The van der Waals surface area contributed by atoms with E-state index in [1.165, 1.54) is 6.33 Å².